The van der Waals surface area contributed by atoms with Crippen LogP contribution in [0.5, 0.6) is 0 Å². The Balaban J connectivity index is 2.30. The molecule has 6 nitrogen and oxygen atoms in total. The molecular weight excluding hydrogens is 414 g/mol. The number of nitrogens with one attached hydrogen (secondary N) is 2. The van der Waals surface area contributed by atoms with Crippen LogP contribution in [0.4, 0.5) is 17.6 Å². The molecule has 0 bridgehead atoms. The zero-order chi connectivity index (χ0) is 20.5. The number of hydrogen-bond acceptors (Lipinski definition) is 5. The summed E-state index contributed by atoms with van der Waals surface area (Å²) in [5.74, 6) is -2.99. The number of carbonyl (C=O) groups excluding carboxylic acids is 1. The van der Waals surface area contributed by atoms with Gasteiger partial charge in [-0.2, -0.15) is 18.4 Å². The lowest BCUT2D eigenvalue weighted by Crippen LogP contribution is -2.54. The standard InChI is InChI=1S/C15H14ClF4N3O3S/c16-27(25,26)7-11(13(24)23-14(8-21)5-6-14)22-12(15(18,19)20)9-1-3-10(17)4-2-9/h1-4,11-12,22H,5-7H2,(H,23,24)/t11-,12-/m0/s1. The maximum Gasteiger partial charge on any atom is 0.407 e. The molecule has 1 fully saturated rings. The van der Waals surface area contributed by atoms with Crippen molar-refractivity contribution in [3.05, 3.63) is 35.6 Å². The van der Waals surface area contributed by atoms with E-state index in [9.17, 15) is 30.8 Å². The molecule has 0 aliphatic heterocycles. The highest BCUT2D eigenvalue weighted by molar-refractivity contribution is 8.13. The van der Waals surface area contributed by atoms with Crippen molar-refractivity contribution in [2.75, 3.05) is 5.75 Å². The van der Waals surface area contributed by atoms with Crippen molar-refractivity contribution in [1.29, 1.82) is 5.26 Å². The summed E-state index contributed by atoms with van der Waals surface area (Å²) in [6, 6.07) is 0.817. The number of amides is 1. The van der Waals surface area contributed by atoms with Gasteiger partial charge in [-0.3, -0.25) is 10.1 Å². The van der Waals surface area contributed by atoms with Gasteiger partial charge in [-0.25, -0.2) is 12.8 Å². The van der Waals surface area contributed by atoms with E-state index in [4.69, 9.17) is 15.9 Å². The Morgan fingerprint density at radius 1 is 1.30 bits per heavy atom. The minimum atomic E-state index is -4.92. The van der Waals surface area contributed by atoms with Crippen LogP contribution in [0.1, 0.15) is 24.4 Å². The maximum absolute atomic E-state index is 13.5. The molecule has 12 heteroatoms. The van der Waals surface area contributed by atoms with E-state index < -0.39 is 55.9 Å². The van der Waals surface area contributed by atoms with Crippen molar-refractivity contribution >= 4 is 25.6 Å². The first-order valence-corrected chi connectivity index (χ1v) is 10.1. The van der Waals surface area contributed by atoms with Crippen LogP contribution in [0.2, 0.25) is 0 Å². The lowest BCUT2D eigenvalue weighted by molar-refractivity contribution is -0.160. The highest BCUT2D eigenvalue weighted by atomic mass is 35.7. The Labute approximate surface area is 156 Å². The molecule has 1 aromatic carbocycles. The van der Waals surface area contributed by atoms with Crippen LogP contribution < -0.4 is 10.6 Å². The molecule has 148 valence electrons. The van der Waals surface area contributed by atoms with Crippen LogP contribution >= 0.6 is 10.7 Å². The van der Waals surface area contributed by atoms with Crippen molar-refractivity contribution < 1.29 is 30.8 Å². The second-order valence-corrected chi connectivity index (χ2v) is 8.96. The lowest BCUT2D eigenvalue weighted by atomic mass is 10.0. The minimum absolute atomic E-state index is 0.302. The number of benzene rings is 1. The average Bonchev–Trinajstić information content (AvgIpc) is 3.30. The fraction of sp³-hybridized carbons (Fsp3) is 0.467. The van der Waals surface area contributed by atoms with E-state index in [0.717, 1.165) is 24.3 Å². The number of nitrogens with zero attached hydrogens (tertiary/aromatic N) is 1. The first kappa shape index (κ1) is 21.4. The van der Waals surface area contributed by atoms with Gasteiger partial charge in [-0.05, 0) is 30.5 Å². The summed E-state index contributed by atoms with van der Waals surface area (Å²) in [5.41, 5.74) is -1.63. The second-order valence-electron chi connectivity index (χ2n) is 6.13. The number of hydrogen-bond donors (Lipinski definition) is 2. The quantitative estimate of drug-likeness (QED) is 0.513. The smallest absolute Gasteiger partial charge is 0.336 e. The molecule has 2 N–H and O–H groups in total. The van der Waals surface area contributed by atoms with Crippen LogP contribution in [0.3, 0.4) is 0 Å². The predicted molar refractivity (Wildman–Crippen MR) is 87.5 cm³/mol. The number of nitriles is 1. The topological polar surface area (TPSA) is 99.1 Å². The van der Waals surface area contributed by atoms with E-state index in [2.05, 4.69) is 5.32 Å². The van der Waals surface area contributed by atoms with Crippen molar-refractivity contribution in [2.24, 2.45) is 0 Å². The minimum Gasteiger partial charge on any atom is -0.336 e. The molecule has 1 amide bonds. The van der Waals surface area contributed by atoms with Crippen LogP contribution in [0.15, 0.2) is 24.3 Å². The summed E-state index contributed by atoms with van der Waals surface area (Å²) >= 11 is 0. The zero-order valence-corrected chi connectivity index (χ0v) is 15.1. The number of carbonyl (C=O) groups is 1. The molecule has 27 heavy (non-hydrogen) atoms. The summed E-state index contributed by atoms with van der Waals surface area (Å²) < 4.78 is 76.1. The van der Waals surface area contributed by atoms with Gasteiger partial charge >= 0.3 is 6.18 Å². The highest BCUT2D eigenvalue weighted by Gasteiger charge is 2.48. The summed E-state index contributed by atoms with van der Waals surface area (Å²) in [5, 5.41) is 13.2. The Bertz CT molecular complexity index is 849. The molecule has 0 spiro atoms. The van der Waals surface area contributed by atoms with E-state index in [1.807, 2.05) is 11.4 Å². The second kappa shape index (κ2) is 7.61. The Kier molecular flexibility index (Phi) is 6.03. The van der Waals surface area contributed by atoms with E-state index >= 15 is 0 Å². The van der Waals surface area contributed by atoms with E-state index in [0.29, 0.717) is 12.8 Å². The molecule has 1 saturated carbocycles. The highest BCUT2D eigenvalue weighted by Crippen LogP contribution is 2.35. The molecule has 1 aromatic rings. The number of rotatable bonds is 7. The van der Waals surface area contributed by atoms with Gasteiger partial charge < -0.3 is 5.32 Å². The lowest BCUT2D eigenvalue weighted by Gasteiger charge is -2.27. The van der Waals surface area contributed by atoms with Crippen LogP contribution in [0.25, 0.3) is 0 Å². The summed E-state index contributed by atoms with van der Waals surface area (Å²) in [6.07, 6.45) is -4.31. The molecule has 1 aliphatic carbocycles. The summed E-state index contributed by atoms with van der Waals surface area (Å²) in [6.45, 7) is 0. The first-order valence-electron chi connectivity index (χ1n) is 7.59. The molecule has 2 rings (SSSR count). The SMILES string of the molecule is N#CC1(NC(=O)[C@H](CS(=O)(=O)Cl)N[C@@H](c2ccc(F)cc2)C(F)(F)F)CC1. The molecule has 0 unspecified atom stereocenters. The molecular formula is C15H14ClF4N3O3S. The monoisotopic (exact) mass is 427 g/mol. The summed E-state index contributed by atoms with van der Waals surface area (Å²) in [7, 11) is 0.762. The van der Waals surface area contributed by atoms with Crippen LogP contribution in [-0.2, 0) is 13.8 Å². The third-order valence-electron chi connectivity index (χ3n) is 3.91. The largest absolute Gasteiger partial charge is 0.407 e. The van der Waals surface area contributed by atoms with E-state index in [1.165, 1.54) is 0 Å². The van der Waals surface area contributed by atoms with Gasteiger partial charge in [0.25, 0.3) is 0 Å². The normalized spacial score (nSPS) is 18.2. The van der Waals surface area contributed by atoms with Gasteiger partial charge in [0, 0.05) is 10.7 Å². The maximum atomic E-state index is 13.5. The van der Waals surface area contributed by atoms with Crippen molar-refractivity contribution in [2.45, 2.75) is 36.6 Å². The molecule has 0 saturated heterocycles. The molecule has 0 radical (unpaired) electrons. The number of alkyl halides is 3. The van der Waals surface area contributed by atoms with Crippen molar-refractivity contribution in [3.63, 3.8) is 0 Å². The molecule has 0 aromatic heterocycles. The van der Waals surface area contributed by atoms with Gasteiger partial charge in [0.1, 0.15) is 23.4 Å². The fourth-order valence-corrected chi connectivity index (χ4v) is 3.37. The van der Waals surface area contributed by atoms with E-state index in [-0.39, 0.29) is 0 Å². The number of halogens is 5. The average molecular weight is 428 g/mol. The fourth-order valence-electron chi connectivity index (χ4n) is 2.35. The predicted octanol–water partition coefficient (Wildman–Crippen LogP) is 2.13. The first-order chi connectivity index (χ1) is 12.4. The third kappa shape index (κ3) is 6.05. The summed E-state index contributed by atoms with van der Waals surface area (Å²) in [4.78, 5) is 12.3. The van der Waals surface area contributed by atoms with Crippen molar-refractivity contribution in [3.8, 4) is 6.07 Å². The van der Waals surface area contributed by atoms with Gasteiger partial charge in [-0.1, -0.05) is 12.1 Å². The molecule has 1 aliphatic rings. The Morgan fingerprint density at radius 3 is 2.26 bits per heavy atom. The van der Waals surface area contributed by atoms with Crippen LogP contribution in [-0.4, -0.2) is 37.8 Å². The van der Waals surface area contributed by atoms with Gasteiger partial charge in [-0.15, -0.1) is 0 Å². The van der Waals surface area contributed by atoms with Gasteiger partial charge in [0.2, 0.25) is 15.0 Å². The van der Waals surface area contributed by atoms with Gasteiger partial charge in [0.15, 0.2) is 0 Å². The molecule has 0 heterocycles. The van der Waals surface area contributed by atoms with Crippen molar-refractivity contribution in [1.82, 2.24) is 10.6 Å². The molecule has 2 atom stereocenters. The van der Waals surface area contributed by atoms with Gasteiger partial charge in [0.05, 0.1) is 11.8 Å². The van der Waals surface area contributed by atoms with Crippen LogP contribution in [0, 0.1) is 17.1 Å². The third-order valence-corrected chi connectivity index (χ3v) is 5.02. The zero-order valence-electron chi connectivity index (χ0n) is 13.6. The van der Waals surface area contributed by atoms with E-state index in [1.54, 1.807) is 0 Å². The Hall–Kier alpha value is -1.90. The Morgan fingerprint density at radius 2 is 1.85 bits per heavy atom.